The minimum atomic E-state index is 0.00725. The van der Waals surface area contributed by atoms with Gasteiger partial charge in [-0.15, -0.1) is 0 Å². The van der Waals surface area contributed by atoms with Crippen molar-refractivity contribution >= 4 is 21.8 Å². The maximum atomic E-state index is 5.32. The molecule has 0 aliphatic heterocycles. The molecule has 0 saturated heterocycles. The fourth-order valence-electron chi connectivity index (χ4n) is 11.6. The van der Waals surface area contributed by atoms with Crippen LogP contribution in [0.4, 0.5) is 0 Å². The number of rotatable bonds is 8. The summed E-state index contributed by atoms with van der Waals surface area (Å²) in [5.74, 6) is 3.83. The Hall–Kier alpha value is -9.98. The van der Waals surface area contributed by atoms with Gasteiger partial charge in [-0.3, -0.25) is 0 Å². The minimum Gasteiger partial charge on any atom is -0.309 e. The molecular weight excluding hydrogens is 915 g/mol. The topological polar surface area (TPSA) is 82.3 Å². The second-order valence-electron chi connectivity index (χ2n) is 19.4. The quantitative estimate of drug-likeness (QED) is 0.151. The fourth-order valence-corrected chi connectivity index (χ4v) is 11.6. The second-order valence-corrected chi connectivity index (χ2v) is 19.4. The van der Waals surface area contributed by atoms with Crippen LogP contribution in [0.2, 0.25) is 0 Å². The van der Waals surface area contributed by atoms with Crippen LogP contribution in [0.1, 0.15) is 45.2 Å². The van der Waals surface area contributed by atoms with Crippen molar-refractivity contribution in [3.8, 4) is 85.1 Å². The molecule has 0 fully saturated rings. The molecule has 0 saturated carbocycles. The molecule has 3 aliphatic rings. The van der Waals surface area contributed by atoms with Crippen LogP contribution in [0, 0.1) is 0 Å². The maximum absolute atomic E-state index is 5.32. The number of para-hydroxylation sites is 2. The van der Waals surface area contributed by atoms with E-state index in [0.717, 1.165) is 55.7 Å². The van der Waals surface area contributed by atoms with E-state index in [2.05, 4.69) is 199 Å². The number of nitrogens with zero attached hydrogens (tertiary/aromatic N) is 7. The molecule has 0 radical (unpaired) electrons. The minimum absolute atomic E-state index is 0.00725. The van der Waals surface area contributed by atoms with E-state index in [1.807, 2.05) is 54.6 Å². The summed E-state index contributed by atoms with van der Waals surface area (Å²) in [6.07, 6.45) is 0. The van der Waals surface area contributed by atoms with E-state index in [4.69, 9.17) is 29.9 Å². The van der Waals surface area contributed by atoms with Crippen LogP contribution in [-0.2, 0) is 0 Å². The van der Waals surface area contributed by atoms with Gasteiger partial charge in [0.05, 0.1) is 11.0 Å². The van der Waals surface area contributed by atoms with Crippen LogP contribution < -0.4 is 0 Å². The van der Waals surface area contributed by atoms with Crippen molar-refractivity contribution in [2.45, 2.75) is 11.8 Å². The smallest absolute Gasteiger partial charge is 0.164 e. The maximum Gasteiger partial charge on any atom is 0.164 e. The van der Waals surface area contributed by atoms with Gasteiger partial charge in [-0.25, -0.2) is 29.9 Å². The lowest BCUT2D eigenvalue weighted by atomic mass is 9.61. The molecule has 0 spiro atoms. The molecule has 350 valence electrons. The highest BCUT2D eigenvalue weighted by molar-refractivity contribution is 6.10. The van der Waals surface area contributed by atoms with Crippen LogP contribution in [0.25, 0.3) is 107 Å². The number of fused-ring (bicyclic) bond motifs is 3. The molecule has 0 N–H and O–H groups in total. The Morgan fingerprint density at radius 2 is 0.587 bits per heavy atom. The van der Waals surface area contributed by atoms with E-state index in [-0.39, 0.29) is 11.8 Å². The van der Waals surface area contributed by atoms with Crippen molar-refractivity contribution in [1.82, 2.24) is 34.5 Å². The van der Waals surface area contributed by atoms with E-state index in [1.165, 1.54) is 49.7 Å². The van der Waals surface area contributed by atoms with Crippen molar-refractivity contribution < 1.29 is 0 Å². The first kappa shape index (κ1) is 42.7. The molecule has 0 amide bonds. The molecule has 2 unspecified atom stereocenters. The third-order valence-corrected chi connectivity index (χ3v) is 15.1. The zero-order valence-electron chi connectivity index (χ0n) is 40.5. The summed E-state index contributed by atoms with van der Waals surface area (Å²) in [4.78, 5) is 30.9. The third kappa shape index (κ3) is 7.19. The molecular formula is C68H43N7. The van der Waals surface area contributed by atoms with Crippen molar-refractivity contribution in [3.63, 3.8) is 0 Å². The Balaban J connectivity index is 0.833. The van der Waals surface area contributed by atoms with Gasteiger partial charge in [0.25, 0.3) is 0 Å². The summed E-state index contributed by atoms with van der Waals surface area (Å²) in [6.45, 7) is 0. The van der Waals surface area contributed by atoms with E-state index in [1.54, 1.807) is 0 Å². The monoisotopic (exact) mass is 957 g/mol. The van der Waals surface area contributed by atoms with Crippen LogP contribution in [0.3, 0.4) is 0 Å². The first-order valence-electron chi connectivity index (χ1n) is 25.4. The van der Waals surface area contributed by atoms with Gasteiger partial charge < -0.3 is 4.57 Å². The van der Waals surface area contributed by atoms with Crippen molar-refractivity contribution in [3.05, 3.63) is 282 Å². The number of aromatic nitrogens is 7. The van der Waals surface area contributed by atoms with Gasteiger partial charge in [-0.05, 0) is 87.0 Å². The van der Waals surface area contributed by atoms with Crippen LogP contribution >= 0.6 is 0 Å². The number of hydrogen-bond donors (Lipinski definition) is 0. The summed E-state index contributed by atoms with van der Waals surface area (Å²) in [6, 6.07) is 87.7. The molecule has 10 aromatic carbocycles. The predicted molar refractivity (Wildman–Crippen MR) is 300 cm³/mol. The van der Waals surface area contributed by atoms with E-state index in [0.29, 0.717) is 34.9 Å². The first-order chi connectivity index (χ1) is 37.2. The van der Waals surface area contributed by atoms with E-state index in [9.17, 15) is 0 Å². The first-order valence-corrected chi connectivity index (χ1v) is 25.4. The summed E-state index contributed by atoms with van der Waals surface area (Å²) < 4.78 is 2.36. The largest absolute Gasteiger partial charge is 0.309 e. The number of hydrogen-bond acceptors (Lipinski definition) is 6. The van der Waals surface area contributed by atoms with Gasteiger partial charge in [0.2, 0.25) is 0 Å². The summed E-state index contributed by atoms with van der Waals surface area (Å²) >= 11 is 0. The molecule has 3 heterocycles. The van der Waals surface area contributed by atoms with Crippen LogP contribution in [0.5, 0.6) is 0 Å². The van der Waals surface area contributed by atoms with Crippen molar-refractivity contribution in [1.29, 1.82) is 0 Å². The van der Waals surface area contributed by atoms with Gasteiger partial charge in [-0.2, -0.15) is 0 Å². The summed E-state index contributed by atoms with van der Waals surface area (Å²) in [5, 5.41) is 2.45. The van der Waals surface area contributed by atoms with E-state index < -0.39 is 0 Å². The Bertz CT molecular complexity index is 4300. The Kier molecular flexibility index (Phi) is 9.88. The highest BCUT2D eigenvalue weighted by atomic mass is 15.0. The predicted octanol–water partition coefficient (Wildman–Crippen LogP) is 15.8. The molecule has 75 heavy (non-hydrogen) atoms. The molecule has 7 heteroatoms. The fraction of sp³-hybridized carbons (Fsp3) is 0.0294. The lowest BCUT2D eigenvalue weighted by molar-refractivity contribution is 0.754. The van der Waals surface area contributed by atoms with Gasteiger partial charge in [0, 0.05) is 61.7 Å². The normalized spacial score (nSPS) is 14.1. The molecule has 7 nitrogen and oxygen atoms in total. The second kappa shape index (κ2) is 17.4. The van der Waals surface area contributed by atoms with Crippen molar-refractivity contribution in [2.24, 2.45) is 0 Å². The van der Waals surface area contributed by atoms with Crippen LogP contribution in [-0.4, -0.2) is 34.5 Å². The lowest BCUT2D eigenvalue weighted by Crippen LogP contribution is -2.27. The zero-order chi connectivity index (χ0) is 49.4. The van der Waals surface area contributed by atoms with Crippen LogP contribution in [0.15, 0.2) is 249 Å². The zero-order valence-corrected chi connectivity index (χ0v) is 40.5. The third-order valence-electron chi connectivity index (χ3n) is 15.1. The van der Waals surface area contributed by atoms with Gasteiger partial charge in [0.1, 0.15) is 0 Å². The SMILES string of the molecule is c1ccc(-c2nc(-c3ccccc3)nc(-c3ccc4c(c3)C3c5ccccc5C4c4cc(-c5nc(-c6ccccc6)nc(-c6cccc(-c7ccc8c9ccccc9n(-c9ccccc9)c8c7)c6)n5)ccc43)n2)cc1. The molecule has 3 aromatic heterocycles. The molecule has 13 aromatic rings. The average Bonchev–Trinajstić information content (AvgIpc) is 3.89. The highest BCUT2D eigenvalue weighted by Crippen LogP contribution is 2.56. The van der Waals surface area contributed by atoms with Crippen molar-refractivity contribution in [2.75, 3.05) is 0 Å². The Morgan fingerprint density at radius 3 is 1.11 bits per heavy atom. The van der Waals surface area contributed by atoms with Gasteiger partial charge in [0.15, 0.2) is 34.9 Å². The Labute approximate surface area is 433 Å². The average molecular weight is 958 g/mol. The van der Waals surface area contributed by atoms with Gasteiger partial charge in [-0.1, -0.05) is 206 Å². The molecule has 3 aliphatic carbocycles. The summed E-state index contributed by atoms with van der Waals surface area (Å²) in [7, 11) is 0. The molecule has 2 bridgehead atoms. The lowest BCUT2D eigenvalue weighted by Gasteiger charge is -2.42. The molecule has 2 atom stereocenters. The van der Waals surface area contributed by atoms with E-state index >= 15 is 0 Å². The van der Waals surface area contributed by atoms with Gasteiger partial charge >= 0.3 is 0 Å². The number of benzene rings is 10. The standard InChI is InChI=1S/C68H43N7/c1-5-18-42(19-6-1)63-69-64(43-20-7-2-8-21-43)72-67(71-63)48-33-36-55-57(39-48)61-53-29-13-14-30-54(53)62(55)58-40-49(34-37-56(58)61)68-73-65(44-22-9-3-10-23-44)70-66(74-68)47-25-17-24-45(38-47)46-32-35-52-51-28-15-16-31-59(51)75(60(52)41-46)50-26-11-4-12-27-50/h1-41,61-62H. The molecule has 16 rings (SSSR count). The Morgan fingerprint density at radius 1 is 0.227 bits per heavy atom. The summed E-state index contributed by atoms with van der Waals surface area (Å²) in [5.41, 5.74) is 19.1. The highest BCUT2D eigenvalue weighted by Gasteiger charge is 2.41.